The molecule has 2 aromatic carbocycles. The van der Waals surface area contributed by atoms with E-state index in [9.17, 15) is 13.2 Å². The minimum absolute atomic E-state index is 0.137. The maximum Gasteiger partial charge on any atom is 0.260 e. The number of sulfonamides is 1. The average molecular weight is 375 g/mol. The molecule has 0 fully saturated rings. The number of nitrogens with zero attached hydrogens (tertiary/aromatic N) is 2. The molecular weight excluding hydrogens is 354 g/mol. The highest BCUT2D eigenvalue weighted by Crippen LogP contribution is 2.13. The van der Waals surface area contributed by atoms with Gasteiger partial charge in [-0.15, -0.1) is 0 Å². The average Bonchev–Trinajstić information content (AvgIpc) is 2.65. The smallest absolute Gasteiger partial charge is 0.260 e. The van der Waals surface area contributed by atoms with Crippen LogP contribution in [0.15, 0.2) is 64.5 Å². The summed E-state index contributed by atoms with van der Waals surface area (Å²) in [5.41, 5.74) is 3.60. The molecule has 0 unspecified atom stereocenters. The normalized spacial score (nSPS) is 11.9. The van der Waals surface area contributed by atoms with E-state index in [-0.39, 0.29) is 16.4 Å². The van der Waals surface area contributed by atoms with Crippen molar-refractivity contribution in [3.8, 4) is 0 Å². The maximum atomic E-state index is 12.9. The molecule has 138 valence electrons. The fourth-order valence-corrected chi connectivity index (χ4v) is 2.97. The topological polar surface area (TPSA) is 131 Å². The highest BCUT2D eigenvalue weighted by molar-refractivity contribution is 7.89. The maximum absolute atomic E-state index is 12.9. The molecule has 0 aliphatic carbocycles. The molecule has 0 spiro atoms. The van der Waals surface area contributed by atoms with Gasteiger partial charge in [0.05, 0.1) is 4.90 Å². The van der Waals surface area contributed by atoms with Crippen molar-refractivity contribution in [2.45, 2.75) is 11.3 Å². The molecule has 5 N–H and O–H groups in total. The van der Waals surface area contributed by atoms with E-state index in [0.29, 0.717) is 13.0 Å². The Labute approximate surface area is 152 Å². The van der Waals surface area contributed by atoms with Crippen LogP contribution in [0, 0.1) is 0 Å². The Kier molecular flexibility index (Phi) is 6.45. The summed E-state index contributed by atoms with van der Waals surface area (Å²) in [7, 11) is -2.41. The number of nitrogens with one attached hydrogen (secondary N) is 1. The van der Waals surface area contributed by atoms with Gasteiger partial charge in [0.2, 0.25) is 16.0 Å². The van der Waals surface area contributed by atoms with Gasteiger partial charge in [-0.3, -0.25) is 20.1 Å². The molecule has 2 aromatic rings. The number of primary sulfonamides is 1. The Morgan fingerprint density at radius 2 is 1.85 bits per heavy atom. The van der Waals surface area contributed by atoms with Crippen LogP contribution >= 0.6 is 0 Å². The minimum Gasteiger partial charge on any atom is -0.294 e. The Morgan fingerprint density at radius 3 is 2.42 bits per heavy atom. The number of aliphatic imine (C=N–C) groups is 1. The minimum atomic E-state index is -3.91. The fraction of sp³-hybridized carbons (Fsp3) is 0.176. The molecule has 8 nitrogen and oxygen atoms in total. The first kappa shape index (κ1) is 19.6. The van der Waals surface area contributed by atoms with E-state index in [1.807, 2.05) is 30.3 Å². The van der Waals surface area contributed by atoms with Crippen LogP contribution in [-0.2, 0) is 16.4 Å². The van der Waals surface area contributed by atoms with Crippen LogP contribution in [0.5, 0.6) is 0 Å². The van der Waals surface area contributed by atoms with E-state index in [1.165, 1.54) is 36.2 Å². The number of carbonyl (C=O) groups is 1. The number of hydrogen-bond donors (Lipinski definition) is 3. The predicted octanol–water partition coefficient (Wildman–Crippen LogP) is 0.468. The lowest BCUT2D eigenvalue weighted by Gasteiger charge is -2.23. The van der Waals surface area contributed by atoms with Gasteiger partial charge in [-0.05, 0) is 30.2 Å². The van der Waals surface area contributed by atoms with Gasteiger partial charge in [0.15, 0.2) is 0 Å². The van der Waals surface area contributed by atoms with Crippen LogP contribution in [-0.4, -0.2) is 38.8 Å². The van der Waals surface area contributed by atoms with Gasteiger partial charge in [-0.1, -0.05) is 36.4 Å². The second-order valence-corrected chi connectivity index (χ2v) is 7.02. The molecule has 0 aliphatic heterocycles. The molecule has 0 heterocycles. The van der Waals surface area contributed by atoms with Gasteiger partial charge in [0, 0.05) is 19.2 Å². The van der Waals surface area contributed by atoms with Crippen molar-refractivity contribution in [2.75, 3.05) is 13.6 Å². The number of guanidine groups is 1. The number of benzene rings is 2. The molecular formula is C17H21N5O3S. The Hall–Kier alpha value is -2.75. The lowest BCUT2D eigenvalue weighted by atomic mass is 10.1. The van der Waals surface area contributed by atoms with Crippen molar-refractivity contribution in [2.24, 2.45) is 16.0 Å². The molecule has 26 heavy (non-hydrogen) atoms. The van der Waals surface area contributed by atoms with Crippen molar-refractivity contribution < 1.29 is 13.2 Å². The summed E-state index contributed by atoms with van der Waals surface area (Å²) in [4.78, 5) is 18.1. The van der Waals surface area contributed by atoms with Crippen LogP contribution < -0.4 is 16.4 Å². The summed E-state index contributed by atoms with van der Waals surface area (Å²) in [5.74, 6) is 5.21. The molecule has 9 heteroatoms. The zero-order chi connectivity index (χ0) is 19.2. The van der Waals surface area contributed by atoms with Gasteiger partial charge in [-0.25, -0.2) is 19.4 Å². The van der Waals surface area contributed by atoms with E-state index in [1.54, 1.807) is 0 Å². The van der Waals surface area contributed by atoms with Crippen molar-refractivity contribution in [3.63, 3.8) is 0 Å². The van der Waals surface area contributed by atoms with Gasteiger partial charge in [0.1, 0.15) is 0 Å². The molecule has 0 atom stereocenters. The molecule has 1 amide bonds. The molecule has 0 aliphatic rings. The molecule has 0 radical (unpaired) electrons. The van der Waals surface area contributed by atoms with E-state index in [0.717, 1.165) is 5.56 Å². The van der Waals surface area contributed by atoms with Gasteiger partial charge < -0.3 is 0 Å². The zero-order valence-electron chi connectivity index (χ0n) is 14.3. The number of carbonyl (C=O) groups excluding carboxylic acids is 1. The van der Waals surface area contributed by atoms with E-state index in [2.05, 4.69) is 10.4 Å². The number of amides is 1. The van der Waals surface area contributed by atoms with Crippen molar-refractivity contribution in [3.05, 3.63) is 65.7 Å². The quantitative estimate of drug-likeness (QED) is 0.303. The van der Waals surface area contributed by atoms with E-state index < -0.39 is 15.9 Å². The molecule has 0 saturated carbocycles. The first-order chi connectivity index (χ1) is 12.4. The molecule has 0 aromatic heterocycles. The second-order valence-electron chi connectivity index (χ2n) is 5.46. The number of hydrogen-bond acceptors (Lipinski definition) is 5. The van der Waals surface area contributed by atoms with Crippen LogP contribution in [0.3, 0.4) is 0 Å². The zero-order valence-corrected chi connectivity index (χ0v) is 15.1. The summed E-state index contributed by atoms with van der Waals surface area (Å²) < 4.78 is 23.1. The lowest BCUT2D eigenvalue weighted by molar-refractivity contribution is 0.0843. The first-order valence-electron chi connectivity index (χ1n) is 7.79. The third-order valence-electron chi connectivity index (χ3n) is 3.72. The molecule has 0 saturated heterocycles. The SMILES string of the molecule is CN=C(NN)N(CCc1ccccc1)C(=O)c1cccc(S(N)(=O)=O)c1. The largest absolute Gasteiger partial charge is 0.294 e. The Balaban J connectivity index is 2.31. The fourth-order valence-electron chi connectivity index (χ4n) is 2.41. The van der Waals surface area contributed by atoms with Crippen LogP contribution in [0.2, 0.25) is 0 Å². The highest BCUT2D eigenvalue weighted by atomic mass is 32.2. The number of hydrazine groups is 1. The standard InChI is InChI=1S/C17H21N5O3S/c1-20-17(21-18)22(11-10-13-6-3-2-4-7-13)16(23)14-8-5-9-15(12-14)26(19,24)25/h2-9,12H,10-11,18H2,1H3,(H,20,21)(H2,19,24,25). The van der Waals surface area contributed by atoms with Crippen LogP contribution in [0.4, 0.5) is 0 Å². The monoisotopic (exact) mass is 375 g/mol. The Morgan fingerprint density at radius 1 is 1.15 bits per heavy atom. The number of nitrogens with two attached hydrogens (primary N) is 2. The summed E-state index contributed by atoms with van der Waals surface area (Å²) in [6.45, 7) is 0.305. The molecule has 0 bridgehead atoms. The summed E-state index contributed by atoms with van der Waals surface area (Å²) in [6.07, 6.45) is 0.572. The highest BCUT2D eigenvalue weighted by Gasteiger charge is 2.21. The van der Waals surface area contributed by atoms with Crippen LogP contribution in [0.1, 0.15) is 15.9 Å². The Bertz CT molecular complexity index is 898. The second kappa shape index (κ2) is 8.56. The van der Waals surface area contributed by atoms with Crippen molar-refractivity contribution in [1.29, 1.82) is 0 Å². The van der Waals surface area contributed by atoms with E-state index in [4.69, 9.17) is 11.0 Å². The predicted molar refractivity (Wildman–Crippen MR) is 99.7 cm³/mol. The summed E-state index contributed by atoms with van der Waals surface area (Å²) in [6, 6.07) is 15.2. The van der Waals surface area contributed by atoms with Crippen molar-refractivity contribution >= 4 is 21.9 Å². The van der Waals surface area contributed by atoms with Gasteiger partial charge in [-0.2, -0.15) is 0 Å². The summed E-state index contributed by atoms with van der Waals surface area (Å²) >= 11 is 0. The van der Waals surface area contributed by atoms with Crippen molar-refractivity contribution in [1.82, 2.24) is 10.3 Å². The van der Waals surface area contributed by atoms with E-state index >= 15 is 0 Å². The van der Waals surface area contributed by atoms with Gasteiger partial charge in [0.25, 0.3) is 5.91 Å². The summed E-state index contributed by atoms with van der Waals surface area (Å²) in [5, 5.41) is 5.14. The molecule has 2 rings (SSSR count). The number of rotatable bonds is 5. The third-order valence-corrected chi connectivity index (χ3v) is 4.63. The van der Waals surface area contributed by atoms with Crippen LogP contribution in [0.25, 0.3) is 0 Å². The van der Waals surface area contributed by atoms with Gasteiger partial charge >= 0.3 is 0 Å². The lowest BCUT2D eigenvalue weighted by Crippen LogP contribution is -2.48. The third kappa shape index (κ3) is 4.88. The first-order valence-corrected chi connectivity index (χ1v) is 9.33.